The van der Waals surface area contributed by atoms with Crippen molar-refractivity contribution in [2.75, 3.05) is 13.1 Å². The van der Waals surface area contributed by atoms with Gasteiger partial charge in [0.1, 0.15) is 17.7 Å². The van der Waals surface area contributed by atoms with Gasteiger partial charge in [-0.25, -0.2) is 4.39 Å². The molecular formula is C19H21FN2O3. The average Bonchev–Trinajstić information content (AvgIpc) is 2.60. The van der Waals surface area contributed by atoms with Crippen molar-refractivity contribution in [3.05, 3.63) is 63.8 Å². The largest absolute Gasteiger partial charge is 0.490 e. The number of aryl methyl sites for hydroxylation is 1. The lowest BCUT2D eigenvalue weighted by Gasteiger charge is -2.32. The van der Waals surface area contributed by atoms with Crippen molar-refractivity contribution in [1.82, 2.24) is 9.47 Å². The summed E-state index contributed by atoms with van der Waals surface area (Å²) in [6.07, 6.45) is 1.24. The van der Waals surface area contributed by atoms with Gasteiger partial charge in [-0.2, -0.15) is 0 Å². The van der Waals surface area contributed by atoms with Crippen LogP contribution in [0.3, 0.4) is 0 Å². The highest BCUT2D eigenvalue weighted by Crippen LogP contribution is 2.20. The van der Waals surface area contributed by atoms with Crippen LogP contribution < -0.4 is 10.3 Å². The molecule has 0 radical (unpaired) electrons. The molecule has 0 bridgehead atoms. The van der Waals surface area contributed by atoms with Gasteiger partial charge in [0.25, 0.3) is 11.5 Å². The Labute approximate surface area is 145 Å². The Morgan fingerprint density at radius 1 is 1.20 bits per heavy atom. The number of halogens is 1. The molecule has 0 spiro atoms. The van der Waals surface area contributed by atoms with Gasteiger partial charge < -0.3 is 14.2 Å². The molecule has 0 N–H and O–H groups in total. The van der Waals surface area contributed by atoms with Crippen LogP contribution in [0.2, 0.25) is 0 Å². The van der Waals surface area contributed by atoms with E-state index in [-0.39, 0.29) is 23.1 Å². The van der Waals surface area contributed by atoms with E-state index < -0.39 is 5.82 Å². The van der Waals surface area contributed by atoms with Crippen molar-refractivity contribution in [1.29, 1.82) is 0 Å². The minimum atomic E-state index is -0.499. The molecule has 2 heterocycles. The van der Waals surface area contributed by atoms with E-state index in [0.717, 1.165) is 5.69 Å². The van der Waals surface area contributed by atoms with E-state index in [4.69, 9.17) is 4.74 Å². The highest BCUT2D eigenvalue weighted by molar-refractivity contribution is 5.94. The van der Waals surface area contributed by atoms with E-state index >= 15 is 0 Å². The fraction of sp³-hybridized carbons (Fsp3) is 0.368. The number of aromatic nitrogens is 1. The highest BCUT2D eigenvalue weighted by atomic mass is 19.1. The molecule has 0 saturated carbocycles. The van der Waals surface area contributed by atoms with Gasteiger partial charge in [0.2, 0.25) is 0 Å². The number of piperidine rings is 1. The number of carbonyl (C=O) groups is 1. The van der Waals surface area contributed by atoms with E-state index in [0.29, 0.717) is 31.7 Å². The molecule has 1 aliphatic rings. The van der Waals surface area contributed by atoms with Crippen LogP contribution in [-0.2, 0) is 7.05 Å². The zero-order valence-corrected chi connectivity index (χ0v) is 14.4. The van der Waals surface area contributed by atoms with Gasteiger partial charge in [-0.1, -0.05) is 12.1 Å². The Balaban J connectivity index is 1.62. The molecular weight excluding hydrogens is 323 g/mol. The summed E-state index contributed by atoms with van der Waals surface area (Å²) in [5, 5.41) is 0. The van der Waals surface area contributed by atoms with Gasteiger partial charge in [-0.05, 0) is 25.1 Å². The molecule has 3 rings (SSSR count). The lowest BCUT2D eigenvalue weighted by atomic mass is 10.1. The third-order valence-electron chi connectivity index (χ3n) is 4.61. The second-order valence-corrected chi connectivity index (χ2v) is 6.32. The van der Waals surface area contributed by atoms with Crippen molar-refractivity contribution in [3.63, 3.8) is 0 Å². The van der Waals surface area contributed by atoms with Gasteiger partial charge in [0.05, 0.1) is 5.56 Å². The fourth-order valence-corrected chi connectivity index (χ4v) is 2.98. The van der Waals surface area contributed by atoms with Crippen molar-refractivity contribution < 1.29 is 13.9 Å². The van der Waals surface area contributed by atoms with Crippen LogP contribution in [0, 0.1) is 12.7 Å². The van der Waals surface area contributed by atoms with Gasteiger partial charge in [-0.15, -0.1) is 0 Å². The normalized spacial score (nSPS) is 15.2. The molecule has 1 aromatic carbocycles. The van der Waals surface area contributed by atoms with E-state index in [2.05, 4.69) is 0 Å². The molecule has 1 aromatic heterocycles. The lowest BCUT2D eigenvalue weighted by Crippen LogP contribution is -2.42. The minimum Gasteiger partial charge on any atom is -0.490 e. The summed E-state index contributed by atoms with van der Waals surface area (Å²) in [7, 11) is 1.72. The molecule has 0 unspecified atom stereocenters. The Bertz CT molecular complexity index is 839. The first-order chi connectivity index (χ1) is 12.0. The standard InChI is InChI=1S/C19H21FN2O3/c1-13-11-15(12-18(23)21(13)2)25-14-7-9-22(10-8-14)19(24)16-5-3-4-6-17(16)20/h3-6,11-12,14H,7-10H2,1-2H3. The van der Waals surface area contributed by atoms with Gasteiger partial charge in [-0.3, -0.25) is 9.59 Å². The number of pyridine rings is 1. The number of likely N-dealkylation sites (tertiary alicyclic amines) is 1. The number of hydrogen-bond donors (Lipinski definition) is 0. The quantitative estimate of drug-likeness (QED) is 0.860. The number of hydrogen-bond acceptors (Lipinski definition) is 3. The third-order valence-corrected chi connectivity index (χ3v) is 4.61. The highest BCUT2D eigenvalue weighted by Gasteiger charge is 2.26. The predicted octanol–water partition coefficient (Wildman–Crippen LogP) is 2.52. The van der Waals surface area contributed by atoms with Crippen LogP contribution in [0.25, 0.3) is 0 Å². The zero-order chi connectivity index (χ0) is 18.0. The van der Waals surface area contributed by atoms with E-state index in [1.165, 1.54) is 18.2 Å². The first-order valence-corrected chi connectivity index (χ1v) is 8.34. The maximum atomic E-state index is 13.8. The summed E-state index contributed by atoms with van der Waals surface area (Å²) < 4.78 is 21.2. The second-order valence-electron chi connectivity index (χ2n) is 6.32. The molecule has 6 heteroatoms. The Morgan fingerprint density at radius 3 is 2.52 bits per heavy atom. The number of rotatable bonds is 3. The minimum absolute atomic E-state index is 0.0591. The van der Waals surface area contributed by atoms with Crippen molar-refractivity contribution in [2.24, 2.45) is 7.05 Å². The van der Waals surface area contributed by atoms with E-state index in [9.17, 15) is 14.0 Å². The van der Waals surface area contributed by atoms with Crippen LogP contribution in [0.5, 0.6) is 5.75 Å². The molecule has 2 aromatic rings. The molecule has 1 amide bonds. The zero-order valence-electron chi connectivity index (χ0n) is 14.4. The van der Waals surface area contributed by atoms with Gasteiger partial charge in [0, 0.05) is 44.7 Å². The second kappa shape index (κ2) is 7.09. The van der Waals surface area contributed by atoms with Crippen LogP contribution in [-0.4, -0.2) is 34.6 Å². The molecule has 0 aliphatic carbocycles. The summed E-state index contributed by atoms with van der Waals surface area (Å²) in [5.41, 5.74) is 0.820. The van der Waals surface area contributed by atoms with E-state index in [1.807, 2.05) is 13.0 Å². The third kappa shape index (κ3) is 3.73. The van der Waals surface area contributed by atoms with Gasteiger partial charge >= 0.3 is 0 Å². The lowest BCUT2D eigenvalue weighted by molar-refractivity contribution is 0.0591. The summed E-state index contributed by atoms with van der Waals surface area (Å²) in [6.45, 7) is 2.85. The molecule has 1 fully saturated rings. The summed E-state index contributed by atoms with van der Waals surface area (Å²) >= 11 is 0. The SMILES string of the molecule is Cc1cc(OC2CCN(C(=O)c3ccccc3F)CC2)cc(=O)n1C. The molecule has 0 atom stereocenters. The molecule has 25 heavy (non-hydrogen) atoms. The number of amides is 1. The number of nitrogens with zero attached hydrogens (tertiary/aromatic N) is 2. The van der Waals surface area contributed by atoms with Gasteiger partial charge in [0.15, 0.2) is 0 Å². The van der Waals surface area contributed by atoms with Crippen molar-refractivity contribution >= 4 is 5.91 Å². The first-order valence-electron chi connectivity index (χ1n) is 8.34. The van der Waals surface area contributed by atoms with Crippen LogP contribution in [0.15, 0.2) is 41.2 Å². The molecule has 1 aliphatic heterocycles. The number of ether oxygens (including phenoxy) is 1. The smallest absolute Gasteiger partial charge is 0.256 e. The van der Waals surface area contributed by atoms with E-state index in [1.54, 1.807) is 28.6 Å². The maximum absolute atomic E-state index is 13.8. The topological polar surface area (TPSA) is 51.5 Å². The summed E-state index contributed by atoms with van der Waals surface area (Å²) in [4.78, 5) is 25.9. The van der Waals surface area contributed by atoms with Crippen molar-refractivity contribution in [3.8, 4) is 5.75 Å². The Morgan fingerprint density at radius 2 is 1.88 bits per heavy atom. The average molecular weight is 344 g/mol. The summed E-state index contributed by atoms with van der Waals surface area (Å²) in [6, 6.07) is 9.33. The number of benzene rings is 1. The monoisotopic (exact) mass is 344 g/mol. The molecule has 5 nitrogen and oxygen atoms in total. The van der Waals surface area contributed by atoms with Crippen LogP contribution in [0.4, 0.5) is 4.39 Å². The van der Waals surface area contributed by atoms with Crippen LogP contribution >= 0.6 is 0 Å². The molecule has 1 saturated heterocycles. The van der Waals surface area contributed by atoms with Crippen molar-refractivity contribution in [2.45, 2.75) is 25.9 Å². The predicted molar refractivity (Wildman–Crippen MR) is 92.4 cm³/mol. The Hall–Kier alpha value is -2.63. The van der Waals surface area contributed by atoms with Crippen LogP contribution in [0.1, 0.15) is 28.9 Å². The maximum Gasteiger partial charge on any atom is 0.256 e. The Kier molecular flexibility index (Phi) is 4.88. The first kappa shape index (κ1) is 17.2. The summed E-state index contributed by atoms with van der Waals surface area (Å²) in [5.74, 6) is -0.234. The number of carbonyl (C=O) groups excluding carboxylic acids is 1. The molecule has 132 valence electrons. The fourth-order valence-electron chi connectivity index (χ4n) is 2.98.